The van der Waals surface area contributed by atoms with Gasteiger partial charge in [-0.2, -0.15) is 0 Å². The average Bonchev–Trinajstić information content (AvgIpc) is 2.65. The van der Waals surface area contributed by atoms with Crippen LogP contribution in [-0.2, 0) is 11.2 Å². The first-order chi connectivity index (χ1) is 8.24. The van der Waals surface area contributed by atoms with Crippen molar-refractivity contribution < 1.29 is 9.90 Å². The van der Waals surface area contributed by atoms with Crippen LogP contribution in [0.15, 0.2) is 36.4 Å². The molecule has 0 aliphatic heterocycles. The summed E-state index contributed by atoms with van der Waals surface area (Å²) >= 11 is 0. The second-order valence-corrected chi connectivity index (χ2v) is 4.01. The Labute approximate surface area is 97.7 Å². The molecule has 17 heavy (non-hydrogen) atoms. The zero-order valence-corrected chi connectivity index (χ0v) is 9.03. The predicted octanol–water partition coefficient (Wildman–Crippen LogP) is 2.75. The van der Waals surface area contributed by atoms with Crippen LogP contribution in [0, 0.1) is 6.07 Å². The largest absolute Gasteiger partial charge is 0.481 e. The Bertz CT molecular complexity index is 712. The number of benzene rings is 2. The lowest BCUT2D eigenvalue weighted by molar-refractivity contribution is -0.136. The summed E-state index contributed by atoms with van der Waals surface area (Å²) in [6, 6.07) is 14.9. The van der Waals surface area contributed by atoms with Crippen molar-refractivity contribution in [3.8, 4) is 0 Å². The molecule has 0 aliphatic rings. The third-order valence-electron chi connectivity index (χ3n) is 2.82. The average molecular weight is 224 g/mol. The van der Waals surface area contributed by atoms with Gasteiger partial charge in [-0.05, 0) is 11.6 Å². The third-order valence-corrected chi connectivity index (χ3v) is 2.82. The first-order valence-electron chi connectivity index (χ1n) is 5.37. The molecule has 3 aromatic rings. The van der Waals surface area contributed by atoms with Crippen LogP contribution in [0.3, 0.4) is 0 Å². The molecule has 0 bridgehead atoms. The van der Waals surface area contributed by atoms with Crippen LogP contribution >= 0.6 is 0 Å². The number of nitrogens with one attached hydrogen (secondary N) is 1. The predicted molar refractivity (Wildman–Crippen MR) is 66.0 cm³/mol. The zero-order chi connectivity index (χ0) is 11.8. The van der Waals surface area contributed by atoms with E-state index in [-0.39, 0.29) is 6.42 Å². The van der Waals surface area contributed by atoms with Gasteiger partial charge in [0.2, 0.25) is 0 Å². The summed E-state index contributed by atoms with van der Waals surface area (Å²) in [7, 11) is 0. The highest BCUT2D eigenvalue weighted by Gasteiger charge is 2.06. The molecule has 0 spiro atoms. The molecule has 83 valence electrons. The Morgan fingerprint density at radius 2 is 2.00 bits per heavy atom. The summed E-state index contributed by atoms with van der Waals surface area (Å²) in [6.45, 7) is 0. The summed E-state index contributed by atoms with van der Waals surface area (Å²) in [5.74, 6) is -0.836. The van der Waals surface area contributed by atoms with Gasteiger partial charge >= 0.3 is 5.97 Å². The molecule has 3 rings (SSSR count). The van der Waals surface area contributed by atoms with Crippen LogP contribution in [0.4, 0.5) is 0 Å². The smallest absolute Gasteiger partial charge is 0.307 e. The molecule has 1 heterocycles. The highest BCUT2D eigenvalue weighted by Crippen LogP contribution is 2.25. The van der Waals surface area contributed by atoms with Gasteiger partial charge in [0, 0.05) is 22.4 Å². The normalized spacial score (nSPS) is 11.1. The van der Waals surface area contributed by atoms with Gasteiger partial charge in [0.05, 0.1) is 11.9 Å². The minimum atomic E-state index is -0.836. The Balaban J connectivity index is 2.23. The zero-order valence-electron chi connectivity index (χ0n) is 9.03. The van der Waals surface area contributed by atoms with E-state index in [1.807, 2.05) is 36.4 Å². The third kappa shape index (κ3) is 1.65. The number of aromatic nitrogens is 1. The number of hydrogen-bond acceptors (Lipinski definition) is 1. The maximum Gasteiger partial charge on any atom is 0.307 e. The minimum Gasteiger partial charge on any atom is -0.481 e. The second kappa shape index (κ2) is 3.63. The van der Waals surface area contributed by atoms with Gasteiger partial charge in [0.1, 0.15) is 0 Å². The first-order valence-corrected chi connectivity index (χ1v) is 5.37. The van der Waals surface area contributed by atoms with Gasteiger partial charge in [-0.3, -0.25) is 4.79 Å². The van der Waals surface area contributed by atoms with E-state index in [4.69, 9.17) is 5.11 Å². The Kier molecular flexibility index (Phi) is 2.11. The molecule has 0 atom stereocenters. The highest BCUT2D eigenvalue weighted by molar-refractivity contribution is 6.07. The summed E-state index contributed by atoms with van der Waals surface area (Å²) in [6.07, 6.45) is 0.00526. The number of carboxylic acids is 1. The fourth-order valence-electron chi connectivity index (χ4n) is 2.09. The van der Waals surface area contributed by atoms with E-state index in [0.717, 1.165) is 21.8 Å². The maximum atomic E-state index is 10.6. The maximum absolute atomic E-state index is 10.6. The first kappa shape index (κ1) is 9.90. The van der Waals surface area contributed by atoms with Gasteiger partial charge in [0.25, 0.3) is 0 Å². The molecule has 0 amide bonds. The Morgan fingerprint density at radius 1 is 1.18 bits per heavy atom. The van der Waals surface area contributed by atoms with Crippen molar-refractivity contribution in [3.63, 3.8) is 0 Å². The van der Waals surface area contributed by atoms with E-state index in [2.05, 4.69) is 11.1 Å². The quantitative estimate of drug-likeness (QED) is 0.703. The highest BCUT2D eigenvalue weighted by atomic mass is 16.4. The van der Waals surface area contributed by atoms with E-state index < -0.39 is 5.97 Å². The molecule has 1 radical (unpaired) electrons. The molecule has 3 heteroatoms. The summed E-state index contributed by atoms with van der Waals surface area (Å²) in [4.78, 5) is 13.9. The van der Waals surface area contributed by atoms with Gasteiger partial charge < -0.3 is 10.1 Å². The Morgan fingerprint density at radius 3 is 2.82 bits per heavy atom. The van der Waals surface area contributed by atoms with Crippen molar-refractivity contribution in [1.29, 1.82) is 0 Å². The van der Waals surface area contributed by atoms with Gasteiger partial charge in [0.15, 0.2) is 0 Å². The minimum absolute atomic E-state index is 0.00526. The van der Waals surface area contributed by atoms with Crippen LogP contribution in [0.5, 0.6) is 0 Å². The SMILES string of the molecule is O=C(O)Cc1[c]c2[nH]c3ccccc3c2cc1. The van der Waals surface area contributed by atoms with Crippen LogP contribution in [0.25, 0.3) is 21.8 Å². The van der Waals surface area contributed by atoms with E-state index in [1.54, 1.807) is 0 Å². The standard InChI is InChI=1S/C14H10NO2/c16-14(17)8-9-5-6-11-10-3-1-2-4-12(10)15-13(11)7-9/h1-6,15H,8H2,(H,16,17). The number of rotatable bonds is 2. The number of hydrogen-bond donors (Lipinski definition) is 2. The molecule has 0 aliphatic carbocycles. The van der Waals surface area contributed by atoms with E-state index in [9.17, 15) is 4.79 Å². The lowest BCUT2D eigenvalue weighted by Crippen LogP contribution is -1.99. The summed E-state index contributed by atoms with van der Waals surface area (Å²) in [5.41, 5.74) is 2.60. The monoisotopic (exact) mass is 224 g/mol. The molecular weight excluding hydrogens is 214 g/mol. The van der Waals surface area contributed by atoms with Crippen molar-refractivity contribution in [2.24, 2.45) is 0 Å². The number of carbonyl (C=O) groups is 1. The van der Waals surface area contributed by atoms with E-state index in [0.29, 0.717) is 5.56 Å². The van der Waals surface area contributed by atoms with Crippen LogP contribution in [-0.4, -0.2) is 16.1 Å². The van der Waals surface area contributed by atoms with Crippen LogP contribution in [0.2, 0.25) is 0 Å². The molecule has 2 aromatic carbocycles. The molecule has 3 nitrogen and oxygen atoms in total. The molecule has 1 aromatic heterocycles. The summed E-state index contributed by atoms with van der Waals surface area (Å²) in [5, 5.41) is 11.0. The number of aromatic amines is 1. The van der Waals surface area contributed by atoms with Crippen molar-refractivity contribution in [3.05, 3.63) is 48.0 Å². The topological polar surface area (TPSA) is 53.1 Å². The molecule has 0 saturated heterocycles. The van der Waals surface area contributed by atoms with Gasteiger partial charge in [-0.15, -0.1) is 0 Å². The Hall–Kier alpha value is -2.29. The number of para-hydroxylation sites is 1. The van der Waals surface area contributed by atoms with Crippen LogP contribution in [0.1, 0.15) is 5.56 Å². The molecule has 0 fully saturated rings. The van der Waals surface area contributed by atoms with E-state index >= 15 is 0 Å². The fourth-order valence-corrected chi connectivity index (χ4v) is 2.09. The van der Waals surface area contributed by atoms with Crippen molar-refractivity contribution >= 4 is 27.8 Å². The number of H-pyrrole nitrogens is 1. The van der Waals surface area contributed by atoms with Crippen LogP contribution < -0.4 is 0 Å². The van der Waals surface area contributed by atoms with Crippen molar-refractivity contribution in [2.75, 3.05) is 0 Å². The lowest BCUT2D eigenvalue weighted by Gasteiger charge is -1.96. The van der Waals surface area contributed by atoms with Gasteiger partial charge in [-0.1, -0.05) is 30.3 Å². The number of aliphatic carboxylic acids is 1. The molecular formula is C14H10NO2. The fraction of sp³-hybridized carbons (Fsp3) is 0.0714. The van der Waals surface area contributed by atoms with Gasteiger partial charge in [-0.25, -0.2) is 0 Å². The summed E-state index contributed by atoms with van der Waals surface area (Å²) < 4.78 is 0. The van der Waals surface area contributed by atoms with E-state index in [1.165, 1.54) is 0 Å². The number of fused-ring (bicyclic) bond motifs is 3. The molecule has 2 N–H and O–H groups in total. The lowest BCUT2D eigenvalue weighted by atomic mass is 10.1. The molecule has 0 unspecified atom stereocenters. The second-order valence-electron chi connectivity index (χ2n) is 4.01. The molecule has 0 saturated carbocycles. The van der Waals surface area contributed by atoms with Crippen molar-refractivity contribution in [2.45, 2.75) is 6.42 Å². The number of carboxylic acid groups (broad SMARTS) is 1. The van der Waals surface area contributed by atoms with Crippen molar-refractivity contribution in [1.82, 2.24) is 4.98 Å².